The highest BCUT2D eigenvalue weighted by Gasteiger charge is 2.14. The van der Waals surface area contributed by atoms with Crippen molar-refractivity contribution in [3.05, 3.63) is 76.7 Å². The second-order valence-electron chi connectivity index (χ2n) is 7.70. The van der Waals surface area contributed by atoms with Crippen molar-refractivity contribution in [3.8, 4) is 0 Å². The minimum absolute atomic E-state index is 0.857. The summed E-state index contributed by atoms with van der Waals surface area (Å²) in [6.07, 6.45) is 9.19. The maximum atomic E-state index is 4.92. The molecule has 2 aromatic carbocycles. The molecule has 1 fully saturated rings. The topological polar surface area (TPSA) is 12.4 Å². The zero-order chi connectivity index (χ0) is 19.6. The molecule has 1 saturated carbocycles. The molecule has 0 heterocycles. The van der Waals surface area contributed by atoms with E-state index in [0.29, 0.717) is 0 Å². The van der Waals surface area contributed by atoms with Crippen LogP contribution in [0, 0.1) is 19.8 Å². The molecule has 0 bridgehead atoms. The van der Waals surface area contributed by atoms with Crippen LogP contribution >= 0.6 is 23.5 Å². The number of hydrogen-bond acceptors (Lipinski definition) is 3. The molecule has 0 spiro atoms. The lowest BCUT2D eigenvalue weighted by Crippen LogP contribution is -2.09. The molecule has 28 heavy (non-hydrogen) atoms. The Hall–Kier alpha value is -1.45. The third kappa shape index (κ3) is 7.52. The molecule has 0 unspecified atom stereocenters. The first-order valence-electron chi connectivity index (χ1n) is 10.3. The highest BCUT2D eigenvalue weighted by molar-refractivity contribution is 8.14. The van der Waals surface area contributed by atoms with Crippen molar-refractivity contribution in [2.45, 2.75) is 51.7 Å². The maximum Gasteiger partial charge on any atom is 0.0972 e. The summed E-state index contributed by atoms with van der Waals surface area (Å²) in [5.74, 6) is 3.05. The molecule has 2 aromatic rings. The van der Waals surface area contributed by atoms with Crippen LogP contribution in [0.25, 0.3) is 0 Å². The van der Waals surface area contributed by atoms with Crippen LogP contribution in [-0.2, 0) is 5.75 Å². The summed E-state index contributed by atoms with van der Waals surface area (Å²) in [7, 11) is 0. The normalized spacial score (nSPS) is 16.0. The summed E-state index contributed by atoms with van der Waals surface area (Å²) in [5.41, 5.74) is 5.01. The first-order chi connectivity index (χ1) is 13.7. The van der Waals surface area contributed by atoms with E-state index in [-0.39, 0.29) is 0 Å². The summed E-state index contributed by atoms with van der Waals surface area (Å²) in [4.78, 5) is 4.92. The average molecular weight is 410 g/mol. The molecule has 0 atom stereocenters. The largest absolute Gasteiger partial charge is 0.242 e. The van der Waals surface area contributed by atoms with Gasteiger partial charge in [0, 0.05) is 11.5 Å². The van der Waals surface area contributed by atoms with Gasteiger partial charge in [-0.3, -0.25) is 0 Å². The van der Waals surface area contributed by atoms with Gasteiger partial charge in [0.05, 0.1) is 10.7 Å². The Balaban J connectivity index is 1.60. The summed E-state index contributed by atoms with van der Waals surface area (Å²) < 4.78 is 0. The Morgan fingerprint density at radius 1 is 0.929 bits per heavy atom. The van der Waals surface area contributed by atoms with Crippen LogP contribution in [0.1, 0.15) is 48.8 Å². The van der Waals surface area contributed by atoms with Crippen LogP contribution in [0.3, 0.4) is 0 Å². The zero-order valence-electron chi connectivity index (χ0n) is 17.1. The van der Waals surface area contributed by atoms with Gasteiger partial charge >= 0.3 is 0 Å². The molecular weight excluding hydrogens is 378 g/mol. The van der Waals surface area contributed by atoms with E-state index in [0.717, 1.165) is 22.4 Å². The van der Waals surface area contributed by atoms with Crippen LogP contribution in [0.15, 0.2) is 65.0 Å². The van der Waals surface area contributed by atoms with Crippen LogP contribution in [0.2, 0.25) is 0 Å². The Kier molecular flexibility index (Phi) is 8.75. The van der Waals surface area contributed by atoms with Crippen molar-refractivity contribution >= 4 is 34.3 Å². The SMILES string of the molecule is Cc1ccc(CSC=CC(=Nc2ccc(C)cc2)SCC2CCCCC2)cc1. The Labute approximate surface area is 179 Å². The lowest BCUT2D eigenvalue weighted by Gasteiger charge is -2.20. The summed E-state index contributed by atoms with van der Waals surface area (Å²) >= 11 is 3.77. The lowest BCUT2D eigenvalue weighted by molar-refractivity contribution is 0.391. The fraction of sp³-hybridized carbons (Fsp3) is 0.400. The molecule has 1 aliphatic rings. The van der Waals surface area contributed by atoms with Gasteiger partial charge in [-0.25, -0.2) is 4.99 Å². The highest BCUT2D eigenvalue weighted by atomic mass is 32.2. The third-order valence-electron chi connectivity index (χ3n) is 5.14. The lowest BCUT2D eigenvalue weighted by atomic mass is 9.91. The second-order valence-corrected chi connectivity index (χ2v) is 9.63. The molecule has 0 aromatic heterocycles. The van der Waals surface area contributed by atoms with Crippen molar-refractivity contribution in [2.24, 2.45) is 10.9 Å². The standard InChI is InChI=1S/C25H31NS2/c1-20-8-12-23(13-9-20)18-27-17-16-25(26-24-14-10-21(2)11-15-24)28-19-22-6-4-3-5-7-22/h8-17,22H,3-7,18-19H2,1-2H3. The van der Waals surface area contributed by atoms with Gasteiger partial charge in [0.15, 0.2) is 0 Å². The van der Waals surface area contributed by atoms with E-state index >= 15 is 0 Å². The van der Waals surface area contributed by atoms with Crippen molar-refractivity contribution < 1.29 is 0 Å². The first kappa shape index (κ1) is 21.3. The molecule has 0 radical (unpaired) electrons. The Morgan fingerprint density at radius 2 is 1.57 bits per heavy atom. The second kappa shape index (κ2) is 11.5. The molecule has 0 aliphatic heterocycles. The van der Waals surface area contributed by atoms with Gasteiger partial charge in [-0.15, -0.1) is 23.5 Å². The van der Waals surface area contributed by atoms with Gasteiger partial charge in [0.2, 0.25) is 0 Å². The van der Waals surface area contributed by atoms with Gasteiger partial charge in [-0.05, 0) is 61.8 Å². The van der Waals surface area contributed by atoms with E-state index in [1.807, 2.05) is 23.5 Å². The van der Waals surface area contributed by atoms with Gasteiger partial charge in [0.25, 0.3) is 0 Å². The van der Waals surface area contributed by atoms with E-state index in [4.69, 9.17) is 4.99 Å². The minimum atomic E-state index is 0.857. The van der Waals surface area contributed by atoms with Crippen LogP contribution in [-0.4, -0.2) is 10.8 Å². The number of benzene rings is 2. The minimum Gasteiger partial charge on any atom is -0.242 e. The quantitative estimate of drug-likeness (QED) is 0.338. The van der Waals surface area contributed by atoms with E-state index in [9.17, 15) is 0 Å². The fourth-order valence-electron chi connectivity index (χ4n) is 3.36. The molecule has 3 heteroatoms. The average Bonchev–Trinajstić information content (AvgIpc) is 2.73. The number of rotatable bonds is 7. The maximum absolute atomic E-state index is 4.92. The van der Waals surface area contributed by atoms with Gasteiger partial charge in [0.1, 0.15) is 0 Å². The summed E-state index contributed by atoms with van der Waals surface area (Å²) in [6.45, 7) is 4.25. The number of aliphatic imine (C=N–C) groups is 1. The first-order valence-corrected chi connectivity index (χ1v) is 12.3. The van der Waals surface area contributed by atoms with Crippen LogP contribution in [0.5, 0.6) is 0 Å². The van der Waals surface area contributed by atoms with E-state index in [2.05, 4.69) is 73.9 Å². The predicted octanol–water partition coefficient (Wildman–Crippen LogP) is 8.09. The van der Waals surface area contributed by atoms with Crippen molar-refractivity contribution in [1.82, 2.24) is 0 Å². The van der Waals surface area contributed by atoms with Gasteiger partial charge < -0.3 is 0 Å². The Bertz CT molecular complexity index is 769. The van der Waals surface area contributed by atoms with Gasteiger partial charge in [-0.2, -0.15) is 0 Å². The molecular formula is C25H31NS2. The molecule has 148 valence electrons. The van der Waals surface area contributed by atoms with Gasteiger partial charge in [-0.1, -0.05) is 66.8 Å². The van der Waals surface area contributed by atoms with Crippen LogP contribution in [0.4, 0.5) is 5.69 Å². The zero-order valence-corrected chi connectivity index (χ0v) is 18.7. The smallest absolute Gasteiger partial charge is 0.0972 e. The van der Waals surface area contributed by atoms with Crippen molar-refractivity contribution in [1.29, 1.82) is 0 Å². The molecule has 0 saturated heterocycles. The number of nitrogens with zero attached hydrogens (tertiary/aromatic N) is 1. The monoisotopic (exact) mass is 409 g/mol. The van der Waals surface area contributed by atoms with Crippen LogP contribution < -0.4 is 0 Å². The fourth-order valence-corrected chi connectivity index (χ4v) is 5.22. The molecule has 3 rings (SSSR count). The molecule has 1 aliphatic carbocycles. The van der Waals surface area contributed by atoms with E-state index in [1.165, 1.54) is 54.5 Å². The third-order valence-corrected chi connectivity index (χ3v) is 7.13. The number of thioether (sulfide) groups is 2. The van der Waals surface area contributed by atoms with Crippen molar-refractivity contribution in [2.75, 3.05) is 5.75 Å². The molecule has 0 N–H and O–H groups in total. The summed E-state index contributed by atoms with van der Waals surface area (Å²) in [6, 6.07) is 17.3. The van der Waals surface area contributed by atoms with E-state index < -0.39 is 0 Å². The Morgan fingerprint density at radius 3 is 2.25 bits per heavy atom. The molecule has 0 amide bonds. The van der Waals surface area contributed by atoms with E-state index in [1.54, 1.807) is 0 Å². The number of aryl methyl sites for hydroxylation is 2. The highest BCUT2D eigenvalue weighted by Crippen LogP contribution is 2.28. The predicted molar refractivity (Wildman–Crippen MR) is 129 cm³/mol. The van der Waals surface area contributed by atoms with Crippen molar-refractivity contribution in [3.63, 3.8) is 0 Å². The summed E-state index contributed by atoms with van der Waals surface area (Å²) in [5, 5.41) is 3.34. The molecule has 1 nitrogen and oxygen atoms in total. The number of hydrogen-bond donors (Lipinski definition) is 0.